The lowest BCUT2D eigenvalue weighted by molar-refractivity contribution is -0.119. The van der Waals surface area contributed by atoms with Gasteiger partial charge in [0.2, 0.25) is 23.6 Å². The van der Waals surface area contributed by atoms with E-state index in [2.05, 4.69) is 30.7 Å². The Labute approximate surface area is 204 Å². The number of nitrogens with zero attached hydrogens (tertiary/aromatic N) is 6. The van der Waals surface area contributed by atoms with Gasteiger partial charge in [-0.3, -0.25) is 9.69 Å². The maximum Gasteiger partial charge on any atom is 0.259 e. The van der Waals surface area contributed by atoms with E-state index in [1.807, 2.05) is 24.3 Å². The van der Waals surface area contributed by atoms with Crippen molar-refractivity contribution >= 4 is 29.3 Å². The SMILES string of the molecule is Nc1nc(NCCc2ccc(NC(=O)CN3CCC(F)(F)CC3)cc2)nc2nc(-c3ccco3)nn12. The highest BCUT2D eigenvalue weighted by atomic mass is 19.3. The van der Waals surface area contributed by atoms with Crippen LogP contribution in [0.3, 0.4) is 0 Å². The van der Waals surface area contributed by atoms with Crippen LogP contribution in [0, 0.1) is 0 Å². The van der Waals surface area contributed by atoms with Crippen LogP contribution in [0.15, 0.2) is 47.1 Å². The number of nitrogens with one attached hydrogen (secondary N) is 2. The van der Waals surface area contributed by atoms with Crippen LogP contribution < -0.4 is 16.4 Å². The summed E-state index contributed by atoms with van der Waals surface area (Å²) in [4.78, 5) is 26.9. The smallest absolute Gasteiger partial charge is 0.259 e. The summed E-state index contributed by atoms with van der Waals surface area (Å²) in [5.41, 5.74) is 7.69. The van der Waals surface area contributed by atoms with Crippen molar-refractivity contribution in [3.05, 3.63) is 48.2 Å². The second kappa shape index (κ2) is 9.85. The Bertz CT molecular complexity index is 1330. The van der Waals surface area contributed by atoms with Crippen LogP contribution in [-0.2, 0) is 11.2 Å². The van der Waals surface area contributed by atoms with Gasteiger partial charge in [-0.15, -0.1) is 5.10 Å². The van der Waals surface area contributed by atoms with Crippen LogP contribution in [-0.4, -0.2) is 67.5 Å². The molecular weight excluding hydrogens is 472 g/mol. The number of anilines is 3. The number of rotatable bonds is 8. The number of halogens is 2. The van der Waals surface area contributed by atoms with E-state index in [1.165, 1.54) is 10.8 Å². The van der Waals surface area contributed by atoms with Crippen molar-refractivity contribution in [1.29, 1.82) is 0 Å². The van der Waals surface area contributed by atoms with Crippen molar-refractivity contribution in [2.45, 2.75) is 25.2 Å². The highest BCUT2D eigenvalue weighted by Gasteiger charge is 2.34. The van der Waals surface area contributed by atoms with Crippen LogP contribution >= 0.6 is 0 Å². The standard InChI is InChI=1S/C23H25F2N9O2/c24-23(25)8-11-33(12-9-23)14-18(35)28-16-5-3-15(4-6-16)7-10-27-21-30-20(26)34-22(31-21)29-19(32-34)17-2-1-13-36-17/h1-6,13H,7-12,14H2,(H,28,35)(H3,26,27,29,30,31,32). The van der Waals surface area contributed by atoms with Gasteiger partial charge in [0.1, 0.15) is 0 Å². The van der Waals surface area contributed by atoms with Crippen molar-refractivity contribution in [3.63, 3.8) is 0 Å². The van der Waals surface area contributed by atoms with E-state index in [4.69, 9.17) is 10.2 Å². The van der Waals surface area contributed by atoms with E-state index >= 15 is 0 Å². The molecule has 1 amide bonds. The van der Waals surface area contributed by atoms with Gasteiger partial charge < -0.3 is 20.8 Å². The Hall–Kier alpha value is -4.13. The fourth-order valence-corrected chi connectivity index (χ4v) is 3.91. The van der Waals surface area contributed by atoms with Crippen molar-refractivity contribution in [2.75, 3.05) is 42.5 Å². The molecule has 188 valence electrons. The predicted molar refractivity (Wildman–Crippen MR) is 129 cm³/mol. The lowest BCUT2D eigenvalue weighted by atomic mass is 10.1. The molecule has 1 saturated heterocycles. The van der Waals surface area contributed by atoms with Crippen LogP contribution in [0.2, 0.25) is 0 Å². The largest absolute Gasteiger partial charge is 0.461 e. The van der Waals surface area contributed by atoms with Gasteiger partial charge in [0, 0.05) is 38.2 Å². The second-order valence-corrected chi connectivity index (χ2v) is 8.58. The number of nitrogen functional groups attached to an aromatic ring is 1. The molecule has 5 rings (SSSR count). The number of furan rings is 1. The second-order valence-electron chi connectivity index (χ2n) is 8.58. The zero-order valence-electron chi connectivity index (χ0n) is 19.3. The van der Waals surface area contributed by atoms with Crippen molar-refractivity contribution in [3.8, 4) is 11.6 Å². The molecule has 0 bridgehead atoms. The molecule has 0 radical (unpaired) electrons. The van der Waals surface area contributed by atoms with Gasteiger partial charge in [-0.1, -0.05) is 12.1 Å². The Balaban J connectivity index is 1.11. The molecule has 1 aliphatic heterocycles. The molecule has 0 atom stereocenters. The van der Waals surface area contributed by atoms with Crippen LogP contribution in [0.1, 0.15) is 18.4 Å². The molecule has 4 heterocycles. The molecule has 0 saturated carbocycles. The Kier molecular flexibility index (Phi) is 6.46. The van der Waals surface area contributed by atoms with Gasteiger partial charge in [0.15, 0.2) is 5.76 Å². The number of likely N-dealkylation sites (tertiary alicyclic amines) is 1. The third-order valence-corrected chi connectivity index (χ3v) is 5.86. The molecular formula is C23H25F2N9O2. The summed E-state index contributed by atoms with van der Waals surface area (Å²) in [5, 5.41) is 10.2. The number of alkyl halides is 2. The molecule has 0 unspecified atom stereocenters. The topological polar surface area (TPSA) is 139 Å². The number of amides is 1. The molecule has 13 heteroatoms. The third-order valence-electron chi connectivity index (χ3n) is 5.86. The number of aromatic nitrogens is 5. The molecule has 36 heavy (non-hydrogen) atoms. The number of hydrogen-bond donors (Lipinski definition) is 3. The van der Waals surface area contributed by atoms with Gasteiger partial charge in [-0.2, -0.15) is 19.5 Å². The zero-order valence-corrected chi connectivity index (χ0v) is 19.3. The lowest BCUT2D eigenvalue weighted by Crippen LogP contribution is -2.42. The number of piperidine rings is 1. The number of fused-ring (bicyclic) bond motifs is 1. The predicted octanol–water partition coefficient (Wildman–Crippen LogP) is 2.69. The van der Waals surface area contributed by atoms with Gasteiger partial charge in [0.25, 0.3) is 11.7 Å². The monoisotopic (exact) mass is 497 g/mol. The molecule has 1 aliphatic rings. The molecule has 4 N–H and O–H groups in total. The molecule has 4 aromatic rings. The lowest BCUT2D eigenvalue weighted by Gasteiger charge is -2.31. The molecule has 1 aromatic carbocycles. The minimum absolute atomic E-state index is 0.101. The summed E-state index contributed by atoms with van der Waals surface area (Å²) in [6.45, 7) is 1.08. The highest BCUT2D eigenvalue weighted by molar-refractivity contribution is 5.92. The van der Waals surface area contributed by atoms with Crippen LogP contribution in [0.4, 0.5) is 26.4 Å². The first-order valence-electron chi connectivity index (χ1n) is 11.5. The third kappa shape index (κ3) is 5.57. The number of carbonyl (C=O) groups excluding carboxylic acids is 1. The normalized spacial score (nSPS) is 15.7. The average molecular weight is 498 g/mol. The van der Waals surface area contributed by atoms with Gasteiger partial charge >= 0.3 is 0 Å². The van der Waals surface area contributed by atoms with E-state index in [0.717, 1.165) is 5.56 Å². The Morgan fingerprint density at radius 1 is 1.11 bits per heavy atom. The minimum atomic E-state index is -2.62. The summed E-state index contributed by atoms with van der Waals surface area (Å²) >= 11 is 0. The summed E-state index contributed by atoms with van der Waals surface area (Å²) in [7, 11) is 0. The van der Waals surface area contributed by atoms with E-state index < -0.39 is 5.92 Å². The summed E-state index contributed by atoms with van der Waals surface area (Å²) in [5.74, 6) is -1.20. The van der Waals surface area contributed by atoms with E-state index in [-0.39, 0.29) is 44.3 Å². The quantitative estimate of drug-likeness (QED) is 0.335. The first kappa shape index (κ1) is 23.6. The maximum absolute atomic E-state index is 13.3. The minimum Gasteiger partial charge on any atom is -0.461 e. The summed E-state index contributed by atoms with van der Waals surface area (Å²) in [6, 6.07) is 10.9. The molecule has 11 nitrogen and oxygen atoms in total. The fourth-order valence-electron chi connectivity index (χ4n) is 3.91. The van der Waals surface area contributed by atoms with Crippen LogP contribution in [0.25, 0.3) is 17.4 Å². The van der Waals surface area contributed by atoms with E-state index in [9.17, 15) is 13.6 Å². The number of hydrogen-bond acceptors (Lipinski definition) is 9. The Morgan fingerprint density at radius 3 is 2.61 bits per heavy atom. The zero-order chi connectivity index (χ0) is 25.1. The number of nitrogens with two attached hydrogens (primary N) is 1. The van der Waals surface area contributed by atoms with Gasteiger partial charge in [-0.25, -0.2) is 8.78 Å². The summed E-state index contributed by atoms with van der Waals surface area (Å²) in [6.07, 6.45) is 1.79. The molecule has 1 fully saturated rings. The number of benzene rings is 1. The number of carbonyl (C=O) groups is 1. The first-order chi connectivity index (χ1) is 17.3. The first-order valence-corrected chi connectivity index (χ1v) is 11.5. The molecule has 3 aromatic heterocycles. The highest BCUT2D eigenvalue weighted by Crippen LogP contribution is 2.27. The van der Waals surface area contributed by atoms with Crippen molar-refractivity contribution < 1.29 is 18.0 Å². The molecule has 0 aliphatic carbocycles. The molecule has 0 spiro atoms. The maximum atomic E-state index is 13.3. The van der Waals surface area contributed by atoms with Gasteiger partial charge in [-0.05, 0) is 36.2 Å². The summed E-state index contributed by atoms with van der Waals surface area (Å²) < 4.78 is 33.2. The van der Waals surface area contributed by atoms with Crippen molar-refractivity contribution in [2.24, 2.45) is 0 Å². The Morgan fingerprint density at radius 2 is 1.89 bits per heavy atom. The van der Waals surface area contributed by atoms with Gasteiger partial charge in [0.05, 0.1) is 12.8 Å². The average Bonchev–Trinajstić information content (AvgIpc) is 3.52. The fraction of sp³-hybridized carbons (Fsp3) is 0.348. The van der Waals surface area contributed by atoms with Crippen molar-refractivity contribution in [1.82, 2.24) is 29.5 Å². The van der Waals surface area contributed by atoms with Crippen LogP contribution in [0.5, 0.6) is 0 Å². The van der Waals surface area contributed by atoms with E-state index in [0.29, 0.717) is 42.0 Å². The van der Waals surface area contributed by atoms with E-state index in [1.54, 1.807) is 17.0 Å².